The molecule has 0 amide bonds. The average Bonchev–Trinajstić information content (AvgIpc) is 2.45. The third-order valence-electron chi connectivity index (χ3n) is 4.99. The third-order valence-corrected chi connectivity index (χ3v) is 4.99. The van der Waals surface area contributed by atoms with Gasteiger partial charge < -0.3 is 9.84 Å². The monoisotopic (exact) mass is 305 g/mol. The predicted molar refractivity (Wildman–Crippen MR) is 91.6 cm³/mol. The second kappa shape index (κ2) is 7.47. The maximum absolute atomic E-state index is 10.4. The Morgan fingerprint density at radius 3 is 2.45 bits per heavy atom. The van der Waals surface area contributed by atoms with Crippen LogP contribution in [-0.4, -0.2) is 41.3 Å². The maximum Gasteiger partial charge on any atom is 0.122 e. The van der Waals surface area contributed by atoms with Crippen LogP contribution in [0.15, 0.2) is 12.1 Å². The largest absolute Gasteiger partial charge is 0.491 e. The van der Waals surface area contributed by atoms with Gasteiger partial charge in [-0.1, -0.05) is 12.5 Å². The Hall–Kier alpha value is -1.06. The van der Waals surface area contributed by atoms with Crippen molar-refractivity contribution < 1.29 is 9.84 Å². The van der Waals surface area contributed by atoms with Crippen molar-refractivity contribution in [3.63, 3.8) is 0 Å². The van der Waals surface area contributed by atoms with E-state index in [0.29, 0.717) is 25.2 Å². The first-order chi connectivity index (χ1) is 10.4. The molecule has 0 bridgehead atoms. The first kappa shape index (κ1) is 17.3. The van der Waals surface area contributed by atoms with Gasteiger partial charge in [0.05, 0.1) is 0 Å². The first-order valence-corrected chi connectivity index (χ1v) is 8.53. The van der Waals surface area contributed by atoms with Crippen LogP contribution in [0.25, 0.3) is 0 Å². The number of β-amino-alcohol motifs (C(OH)–C–C–N with tert-alkyl or cyclic N) is 1. The fraction of sp³-hybridized carbons (Fsp3) is 0.684. The molecule has 0 radical (unpaired) electrons. The van der Waals surface area contributed by atoms with Gasteiger partial charge in [-0.2, -0.15) is 0 Å². The Morgan fingerprint density at radius 2 is 1.82 bits per heavy atom. The number of piperidine rings is 1. The molecule has 1 saturated heterocycles. The molecule has 3 heteroatoms. The summed E-state index contributed by atoms with van der Waals surface area (Å²) in [5.41, 5.74) is 3.60. The number of aliphatic hydroxyl groups is 1. The van der Waals surface area contributed by atoms with Crippen LogP contribution in [0.4, 0.5) is 0 Å². The van der Waals surface area contributed by atoms with E-state index in [1.807, 2.05) is 0 Å². The lowest BCUT2D eigenvalue weighted by Crippen LogP contribution is -2.48. The van der Waals surface area contributed by atoms with Gasteiger partial charge in [-0.15, -0.1) is 0 Å². The van der Waals surface area contributed by atoms with Crippen molar-refractivity contribution in [1.82, 2.24) is 4.90 Å². The van der Waals surface area contributed by atoms with Crippen LogP contribution in [0.3, 0.4) is 0 Å². The summed E-state index contributed by atoms with van der Waals surface area (Å²) in [5.74, 6) is 0.899. The molecule has 3 atom stereocenters. The van der Waals surface area contributed by atoms with E-state index in [0.717, 1.165) is 11.3 Å². The van der Waals surface area contributed by atoms with Gasteiger partial charge in [0, 0.05) is 18.6 Å². The van der Waals surface area contributed by atoms with Crippen LogP contribution in [-0.2, 0) is 0 Å². The second-order valence-electron chi connectivity index (χ2n) is 7.00. The summed E-state index contributed by atoms with van der Waals surface area (Å²) in [6.45, 7) is 11.8. The zero-order valence-electron chi connectivity index (χ0n) is 14.7. The molecule has 3 nitrogen and oxygen atoms in total. The standard InChI is InChI=1S/C19H31NO2/c1-13-9-14(2)17(5)19(10-13)22-12-18(21)11-20-15(3)7-6-8-16(20)4/h9-10,15-16,18,21H,6-8,11-12H2,1-5H3/t15-,16-,18-/m0/s1. The molecule has 1 aromatic carbocycles. The highest BCUT2D eigenvalue weighted by Gasteiger charge is 2.26. The Morgan fingerprint density at radius 1 is 1.18 bits per heavy atom. The molecule has 1 fully saturated rings. The molecule has 1 heterocycles. The van der Waals surface area contributed by atoms with Crippen LogP contribution in [0, 0.1) is 20.8 Å². The highest BCUT2D eigenvalue weighted by Crippen LogP contribution is 2.25. The fourth-order valence-electron chi connectivity index (χ4n) is 3.47. The molecule has 0 saturated carbocycles. The number of nitrogens with zero attached hydrogens (tertiary/aromatic N) is 1. The van der Waals surface area contributed by atoms with Crippen molar-refractivity contribution in [2.75, 3.05) is 13.2 Å². The van der Waals surface area contributed by atoms with Crippen molar-refractivity contribution in [2.45, 2.75) is 72.1 Å². The number of likely N-dealkylation sites (tertiary alicyclic amines) is 1. The van der Waals surface area contributed by atoms with E-state index in [4.69, 9.17) is 4.74 Å². The van der Waals surface area contributed by atoms with Crippen LogP contribution in [0.5, 0.6) is 5.75 Å². The number of rotatable bonds is 5. The van der Waals surface area contributed by atoms with Crippen molar-refractivity contribution in [1.29, 1.82) is 0 Å². The van der Waals surface area contributed by atoms with E-state index in [1.165, 1.54) is 30.4 Å². The molecular formula is C19H31NO2. The molecule has 1 N–H and O–H groups in total. The molecule has 22 heavy (non-hydrogen) atoms. The fourth-order valence-corrected chi connectivity index (χ4v) is 3.47. The van der Waals surface area contributed by atoms with E-state index >= 15 is 0 Å². The summed E-state index contributed by atoms with van der Waals surface area (Å²) in [4.78, 5) is 2.42. The van der Waals surface area contributed by atoms with Gasteiger partial charge in [-0.25, -0.2) is 0 Å². The van der Waals surface area contributed by atoms with Gasteiger partial charge in [-0.05, 0) is 70.2 Å². The van der Waals surface area contributed by atoms with E-state index in [2.05, 4.69) is 51.7 Å². The summed E-state index contributed by atoms with van der Waals surface area (Å²) in [6, 6.07) is 5.33. The van der Waals surface area contributed by atoms with Gasteiger partial charge in [0.2, 0.25) is 0 Å². The quantitative estimate of drug-likeness (QED) is 0.902. The van der Waals surface area contributed by atoms with E-state index < -0.39 is 6.10 Å². The number of ether oxygens (including phenoxy) is 1. The van der Waals surface area contributed by atoms with E-state index in [-0.39, 0.29) is 0 Å². The molecule has 0 aliphatic carbocycles. The minimum atomic E-state index is -0.441. The average molecular weight is 305 g/mol. The zero-order chi connectivity index (χ0) is 16.3. The lowest BCUT2D eigenvalue weighted by molar-refractivity contribution is 0.0207. The smallest absolute Gasteiger partial charge is 0.122 e. The van der Waals surface area contributed by atoms with Gasteiger partial charge >= 0.3 is 0 Å². The molecule has 0 spiro atoms. The first-order valence-electron chi connectivity index (χ1n) is 8.53. The summed E-state index contributed by atoms with van der Waals surface area (Å²) in [5, 5.41) is 10.4. The molecule has 0 unspecified atom stereocenters. The molecule has 124 valence electrons. The maximum atomic E-state index is 10.4. The lowest BCUT2D eigenvalue weighted by Gasteiger charge is -2.40. The molecular weight excluding hydrogens is 274 g/mol. The number of aryl methyl sites for hydroxylation is 2. The number of hydrogen-bond acceptors (Lipinski definition) is 3. The summed E-state index contributed by atoms with van der Waals surface area (Å²) < 4.78 is 5.90. The highest BCUT2D eigenvalue weighted by molar-refractivity contribution is 5.41. The Bertz CT molecular complexity index is 490. The topological polar surface area (TPSA) is 32.7 Å². The minimum Gasteiger partial charge on any atom is -0.491 e. The molecule has 2 rings (SSSR count). The van der Waals surface area contributed by atoms with Gasteiger partial charge in [0.25, 0.3) is 0 Å². The molecule has 0 aromatic heterocycles. The Labute approximate surface area is 135 Å². The summed E-state index contributed by atoms with van der Waals surface area (Å²) >= 11 is 0. The van der Waals surface area contributed by atoms with Gasteiger partial charge in [0.1, 0.15) is 18.5 Å². The predicted octanol–water partition coefficient (Wildman–Crippen LogP) is 3.61. The second-order valence-corrected chi connectivity index (χ2v) is 7.00. The van der Waals surface area contributed by atoms with Crippen LogP contribution >= 0.6 is 0 Å². The number of hydrogen-bond donors (Lipinski definition) is 1. The number of benzene rings is 1. The Balaban J connectivity index is 1.91. The minimum absolute atomic E-state index is 0.361. The van der Waals surface area contributed by atoms with Gasteiger partial charge in [-0.3, -0.25) is 4.90 Å². The van der Waals surface area contributed by atoms with Crippen LogP contribution < -0.4 is 4.74 Å². The summed E-state index contributed by atoms with van der Waals surface area (Å²) in [6.07, 6.45) is 3.32. The molecule has 1 aliphatic rings. The van der Waals surface area contributed by atoms with E-state index in [1.54, 1.807) is 0 Å². The van der Waals surface area contributed by atoms with E-state index in [9.17, 15) is 5.11 Å². The summed E-state index contributed by atoms with van der Waals surface area (Å²) in [7, 11) is 0. The molecule has 1 aliphatic heterocycles. The number of aliphatic hydroxyl groups excluding tert-OH is 1. The lowest BCUT2D eigenvalue weighted by atomic mass is 9.97. The molecule has 1 aromatic rings. The van der Waals surface area contributed by atoms with Crippen molar-refractivity contribution in [3.8, 4) is 5.75 Å². The normalized spacial score (nSPS) is 24.3. The van der Waals surface area contributed by atoms with Crippen LogP contribution in [0.2, 0.25) is 0 Å². The van der Waals surface area contributed by atoms with Crippen molar-refractivity contribution >= 4 is 0 Å². The Kier molecular flexibility index (Phi) is 5.87. The van der Waals surface area contributed by atoms with Gasteiger partial charge in [0.15, 0.2) is 0 Å². The highest BCUT2D eigenvalue weighted by atomic mass is 16.5. The SMILES string of the molecule is Cc1cc(C)c(C)c(OC[C@@H](O)CN2[C@@H](C)CCC[C@@H]2C)c1. The van der Waals surface area contributed by atoms with Crippen molar-refractivity contribution in [3.05, 3.63) is 28.8 Å². The van der Waals surface area contributed by atoms with Crippen molar-refractivity contribution in [2.24, 2.45) is 0 Å². The van der Waals surface area contributed by atoms with Crippen LogP contribution in [0.1, 0.15) is 49.8 Å². The third kappa shape index (κ3) is 4.23. The zero-order valence-corrected chi connectivity index (χ0v) is 14.7.